The van der Waals surface area contributed by atoms with Crippen LogP contribution in [0.5, 0.6) is 0 Å². The molecule has 0 aliphatic heterocycles. The summed E-state index contributed by atoms with van der Waals surface area (Å²) < 4.78 is 23.5. The van der Waals surface area contributed by atoms with Crippen molar-refractivity contribution < 1.29 is 18.1 Å². The molecular weight excluding hydrogens is 380 g/mol. The van der Waals surface area contributed by atoms with E-state index in [2.05, 4.69) is 15.5 Å². The molecule has 128 valence electrons. The minimum absolute atomic E-state index is 0.0146. The molecule has 0 fully saturated rings. The molecule has 2 aromatic rings. The molecule has 1 amide bonds. The number of carbonyl (C=O) groups excluding carboxylic acids is 1. The second kappa shape index (κ2) is 7.20. The van der Waals surface area contributed by atoms with Gasteiger partial charge < -0.3 is 0 Å². The monoisotopic (exact) mass is 390 g/mol. The third kappa shape index (κ3) is 4.04. The molecule has 0 spiro atoms. The second-order valence-electron chi connectivity index (χ2n) is 4.57. The smallest absolute Gasteiger partial charge is 0.288 e. The van der Waals surface area contributed by atoms with Crippen molar-refractivity contribution in [3.63, 3.8) is 0 Å². The lowest BCUT2D eigenvalue weighted by molar-refractivity contribution is -0.384. The van der Waals surface area contributed by atoms with Gasteiger partial charge >= 0.3 is 0 Å². The Bertz CT molecular complexity index is 897. The molecule has 1 N–H and O–H groups in total. The summed E-state index contributed by atoms with van der Waals surface area (Å²) in [6, 6.07) is 3.56. The van der Waals surface area contributed by atoms with Crippen LogP contribution in [0.1, 0.15) is 23.7 Å². The first-order valence-electron chi connectivity index (χ1n) is 6.56. The van der Waals surface area contributed by atoms with Gasteiger partial charge in [0.15, 0.2) is 0 Å². The van der Waals surface area contributed by atoms with Crippen molar-refractivity contribution in [1.29, 1.82) is 0 Å². The minimum atomic E-state index is -3.53. The first-order valence-corrected chi connectivity index (χ1v) is 9.41. The van der Waals surface area contributed by atoms with Crippen molar-refractivity contribution >= 4 is 49.5 Å². The fourth-order valence-electron chi connectivity index (χ4n) is 1.71. The lowest BCUT2D eigenvalue weighted by Gasteiger charge is -2.02. The molecule has 0 radical (unpaired) electrons. The van der Waals surface area contributed by atoms with Gasteiger partial charge in [-0.2, -0.15) is 0 Å². The van der Waals surface area contributed by atoms with Crippen LogP contribution in [0.2, 0.25) is 5.02 Å². The number of aromatic nitrogens is 2. The maximum absolute atomic E-state index is 12.1. The summed E-state index contributed by atoms with van der Waals surface area (Å²) >= 11 is 6.39. The van der Waals surface area contributed by atoms with Gasteiger partial charge in [-0.3, -0.25) is 20.2 Å². The van der Waals surface area contributed by atoms with E-state index >= 15 is 0 Å². The third-order valence-corrected chi connectivity index (χ3v) is 6.30. The maximum Gasteiger partial charge on any atom is 0.288 e. The standard InChI is InChI=1S/C12H11ClN4O5S2/c1-2-5-24(21,22)12-16-15-11(23-12)14-10(18)7-3-4-8(13)9(6-7)17(19)20/h3-4,6H,2,5H2,1H3,(H,14,15,18). The van der Waals surface area contributed by atoms with Crippen LogP contribution >= 0.6 is 22.9 Å². The van der Waals surface area contributed by atoms with Crippen LogP contribution in [0.3, 0.4) is 0 Å². The minimum Gasteiger partial charge on any atom is -0.296 e. The van der Waals surface area contributed by atoms with E-state index in [1.807, 2.05) is 0 Å². The van der Waals surface area contributed by atoms with Gasteiger partial charge in [-0.15, -0.1) is 10.2 Å². The number of amides is 1. The van der Waals surface area contributed by atoms with Crippen LogP contribution in [0.25, 0.3) is 0 Å². The summed E-state index contributed by atoms with van der Waals surface area (Å²) in [6.07, 6.45) is 0.429. The molecule has 0 aliphatic carbocycles. The number of benzene rings is 1. The SMILES string of the molecule is CCCS(=O)(=O)c1nnc(NC(=O)c2ccc(Cl)c([N+](=O)[O-])c2)s1. The van der Waals surface area contributed by atoms with Crippen molar-refractivity contribution in [1.82, 2.24) is 10.2 Å². The summed E-state index contributed by atoms with van der Waals surface area (Å²) in [7, 11) is -3.53. The van der Waals surface area contributed by atoms with Gasteiger partial charge in [0, 0.05) is 11.6 Å². The number of rotatable bonds is 6. The molecule has 9 nitrogen and oxygen atoms in total. The number of hydrogen-bond donors (Lipinski definition) is 1. The molecule has 1 aromatic carbocycles. The van der Waals surface area contributed by atoms with E-state index in [0.29, 0.717) is 17.8 Å². The van der Waals surface area contributed by atoms with E-state index in [4.69, 9.17) is 11.6 Å². The van der Waals surface area contributed by atoms with Crippen molar-refractivity contribution in [2.75, 3.05) is 11.1 Å². The first-order chi connectivity index (χ1) is 11.2. The van der Waals surface area contributed by atoms with Gasteiger partial charge in [-0.05, 0) is 18.6 Å². The molecule has 0 saturated heterocycles. The molecule has 1 heterocycles. The Balaban J connectivity index is 2.21. The Kier molecular flexibility index (Phi) is 5.47. The summed E-state index contributed by atoms with van der Waals surface area (Å²) in [4.78, 5) is 22.2. The predicted octanol–water partition coefficient (Wildman–Crippen LogP) is 2.54. The number of nitrogens with one attached hydrogen (secondary N) is 1. The van der Waals surface area contributed by atoms with E-state index in [1.54, 1.807) is 6.92 Å². The Labute approximate surface area is 145 Å². The third-order valence-electron chi connectivity index (χ3n) is 2.77. The predicted molar refractivity (Wildman–Crippen MR) is 88.3 cm³/mol. The van der Waals surface area contributed by atoms with Crippen LogP contribution in [0, 0.1) is 10.1 Å². The van der Waals surface area contributed by atoms with Crippen molar-refractivity contribution in [2.24, 2.45) is 0 Å². The Hall–Kier alpha value is -2.11. The number of hydrogen-bond acceptors (Lipinski definition) is 8. The molecule has 0 saturated carbocycles. The molecule has 0 unspecified atom stereocenters. The number of carbonyl (C=O) groups is 1. The molecule has 1 aromatic heterocycles. The normalized spacial score (nSPS) is 11.2. The van der Waals surface area contributed by atoms with Gasteiger partial charge in [0.2, 0.25) is 19.3 Å². The first kappa shape index (κ1) is 18.2. The number of anilines is 1. The molecule has 0 atom stereocenters. The average Bonchev–Trinajstić information content (AvgIpc) is 2.96. The summed E-state index contributed by atoms with van der Waals surface area (Å²) in [5.74, 6) is -0.760. The zero-order chi connectivity index (χ0) is 17.9. The van der Waals surface area contributed by atoms with E-state index in [0.717, 1.165) is 6.07 Å². The number of nitro groups is 1. The quantitative estimate of drug-likeness (QED) is 0.455. The zero-order valence-electron chi connectivity index (χ0n) is 12.2. The molecule has 12 heteroatoms. The van der Waals surface area contributed by atoms with Crippen molar-refractivity contribution in [3.8, 4) is 0 Å². The lowest BCUT2D eigenvalue weighted by atomic mass is 10.2. The fourth-order valence-corrected chi connectivity index (χ4v) is 4.24. The second-order valence-corrected chi connectivity index (χ2v) is 8.24. The molecule has 24 heavy (non-hydrogen) atoms. The van der Waals surface area contributed by atoms with Crippen LogP contribution in [-0.4, -0.2) is 35.2 Å². The Morgan fingerprint density at radius 2 is 2.12 bits per heavy atom. The van der Waals surface area contributed by atoms with E-state index in [9.17, 15) is 23.3 Å². The Morgan fingerprint density at radius 3 is 2.75 bits per heavy atom. The largest absolute Gasteiger partial charge is 0.296 e. The van der Waals surface area contributed by atoms with E-state index in [1.165, 1.54) is 12.1 Å². The Morgan fingerprint density at radius 1 is 1.42 bits per heavy atom. The topological polar surface area (TPSA) is 132 Å². The van der Waals surface area contributed by atoms with Crippen LogP contribution in [0.4, 0.5) is 10.8 Å². The van der Waals surface area contributed by atoms with Gasteiger partial charge in [0.25, 0.3) is 11.6 Å². The van der Waals surface area contributed by atoms with Gasteiger partial charge in [-0.25, -0.2) is 8.42 Å². The van der Waals surface area contributed by atoms with E-state index < -0.39 is 26.4 Å². The molecule has 0 aliphatic rings. The van der Waals surface area contributed by atoms with Crippen LogP contribution < -0.4 is 5.32 Å². The van der Waals surface area contributed by atoms with Crippen LogP contribution in [-0.2, 0) is 9.84 Å². The number of nitrogens with zero attached hydrogens (tertiary/aromatic N) is 3. The molecular formula is C12H11ClN4O5S2. The molecule has 0 bridgehead atoms. The average molecular weight is 391 g/mol. The highest BCUT2D eigenvalue weighted by atomic mass is 35.5. The number of nitro benzene ring substituents is 1. The highest BCUT2D eigenvalue weighted by Gasteiger charge is 2.21. The lowest BCUT2D eigenvalue weighted by Crippen LogP contribution is -2.12. The maximum atomic E-state index is 12.1. The molecule has 2 rings (SSSR count). The summed E-state index contributed by atoms with van der Waals surface area (Å²) in [5, 5.41) is 20.2. The van der Waals surface area contributed by atoms with Crippen LogP contribution in [0.15, 0.2) is 22.5 Å². The van der Waals surface area contributed by atoms with Crippen molar-refractivity contribution in [3.05, 3.63) is 38.9 Å². The fraction of sp³-hybridized carbons (Fsp3) is 0.250. The highest BCUT2D eigenvalue weighted by molar-refractivity contribution is 7.93. The zero-order valence-corrected chi connectivity index (χ0v) is 14.6. The number of sulfone groups is 1. The summed E-state index contributed by atoms with van der Waals surface area (Å²) in [6.45, 7) is 1.72. The highest BCUT2D eigenvalue weighted by Crippen LogP contribution is 2.26. The van der Waals surface area contributed by atoms with Crippen molar-refractivity contribution in [2.45, 2.75) is 17.7 Å². The van der Waals surface area contributed by atoms with Gasteiger partial charge in [0.05, 0.1) is 10.7 Å². The summed E-state index contributed by atoms with van der Waals surface area (Å²) in [5.41, 5.74) is -0.424. The van der Waals surface area contributed by atoms with Gasteiger partial charge in [-0.1, -0.05) is 29.9 Å². The van der Waals surface area contributed by atoms with Gasteiger partial charge in [0.1, 0.15) is 5.02 Å². The van der Waals surface area contributed by atoms with E-state index in [-0.39, 0.29) is 25.8 Å². The number of halogens is 1.